The van der Waals surface area contributed by atoms with E-state index in [0.717, 1.165) is 0 Å². The highest BCUT2D eigenvalue weighted by molar-refractivity contribution is 6.30. The maximum Gasteiger partial charge on any atom is 0.334 e. The normalized spacial score (nSPS) is 12.8. The van der Waals surface area contributed by atoms with E-state index in [-0.39, 0.29) is 6.54 Å². The minimum atomic E-state index is -1.44. The van der Waals surface area contributed by atoms with Gasteiger partial charge in [0.25, 0.3) is 0 Å². The summed E-state index contributed by atoms with van der Waals surface area (Å²) < 4.78 is 1.26. The standard InChI is InChI=1S/C6H7ClN2O3/c7-4-1-8-9(2-4)3-5(10)6(11)12/h1-2,5,10H,3H2,(H,11,12)/t5-/m1/s1. The van der Waals surface area contributed by atoms with E-state index < -0.39 is 12.1 Å². The number of carboxylic acids is 1. The molecule has 0 saturated heterocycles. The molecule has 5 nitrogen and oxygen atoms in total. The van der Waals surface area contributed by atoms with Gasteiger partial charge in [-0.1, -0.05) is 11.6 Å². The molecule has 1 atom stereocenters. The fraction of sp³-hybridized carbons (Fsp3) is 0.333. The second-order valence-corrected chi connectivity index (χ2v) is 2.67. The van der Waals surface area contributed by atoms with E-state index in [2.05, 4.69) is 5.10 Å². The van der Waals surface area contributed by atoms with Crippen LogP contribution in [0.4, 0.5) is 0 Å². The van der Waals surface area contributed by atoms with E-state index >= 15 is 0 Å². The summed E-state index contributed by atoms with van der Waals surface area (Å²) in [4.78, 5) is 10.2. The Morgan fingerprint density at radius 2 is 2.50 bits per heavy atom. The number of aromatic nitrogens is 2. The lowest BCUT2D eigenvalue weighted by Crippen LogP contribution is -2.25. The lowest BCUT2D eigenvalue weighted by atomic mass is 10.4. The van der Waals surface area contributed by atoms with Crippen LogP contribution in [-0.4, -0.2) is 32.1 Å². The largest absolute Gasteiger partial charge is 0.479 e. The number of hydrogen-bond acceptors (Lipinski definition) is 3. The Balaban J connectivity index is 2.58. The fourth-order valence-corrected chi connectivity index (χ4v) is 0.850. The molecule has 0 amide bonds. The van der Waals surface area contributed by atoms with Crippen LogP contribution in [-0.2, 0) is 11.3 Å². The van der Waals surface area contributed by atoms with Gasteiger partial charge < -0.3 is 10.2 Å². The second kappa shape index (κ2) is 3.55. The van der Waals surface area contributed by atoms with Gasteiger partial charge in [-0.2, -0.15) is 5.10 Å². The Labute approximate surface area is 73.2 Å². The number of aliphatic hydroxyl groups excluding tert-OH is 1. The molecule has 1 heterocycles. The molecule has 6 heteroatoms. The van der Waals surface area contributed by atoms with Gasteiger partial charge in [0.2, 0.25) is 0 Å². The Kier molecular flexibility index (Phi) is 2.67. The van der Waals surface area contributed by atoms with Crippen molar-refractivity contribution < 1.29 is 15.0 Å². The van der Waals surface area contributed by atoms with Crippen molar-refractivity contribution in [2.45, 2.75) is 12.6 Å². The third kappa shape index (κ3) is 2.21. The molecule has 0 saturated carbocycles. The van der Waals surface area contributed by atoms with Crippen molar-refractivity contribution in [1.29, 1.82) is 0 Å². The van der Waals surface area contributed by atoms with Crippen LogP contribution in [0.1, 0.15) is 0 Å². The zero-order valence-electron chi connectivity index (χ0n) is 6.01. The number of carboxylic acid groups (broad SMARTS) is 1. The predicted octanol–water partition coefficient (Wildman–Crippen LogP) is -0.0180. The third-order valence-corrected chi connectivity index (χ3v) is 1.44. The Morgan fingerprint density at radius 3 is 2.92 bits per heavy atom. The first kappa shape index (κ1) is 9.02. The van der Waals surface area contributed by atoms with Crippen LogP contribution in [0.5, 0.6) is 0 Å². The smallest absolute Gasteiger partial charge is 0.334 e. The van der Waals surface area contributed by atoms with Crippen molar-refractivity contribution in [3.05, 3.63) is 17.4 Å². The van der Waals surface area contributed by atoms with Crippen LogP contribution in [0.15, 0.2) is 12.4 Å². The molecule has 0 radical (unpaired) electrons. The van der Waals surface area contributed by atoms with Gasteiger partial charge in [-0.25, -0.2) is 4.79 Å². The number of hydrogen-bond donors (Lipinski definition) is 2. The van der Waals surface area contributed by atoms with E-state index in [9.17, 15) is 4.79 Å². The van der Waals surface area contributed by atoms with E-state index in [1.54, 1.807) is 0 Å². The number of rotatable bonds is 3. The summed E-state index contributed by atoms with van der Waals surface area (Å²) in [5.74, 6) is -1.28. The predicted molar refractivity (Wildman–Crippen MR) is 40.9 cm³/mol. The molecule has 66 valence electrons. The molecule has 0 aliphatic carbocycles. The van der Waals surface area contributed by atoms with Gasteiger partial charge in [0.15, 0.2) is 6.10 Å². The molecule has 0 unspecified atom stereocenters. The quantitative estimate of drug-likeness (QED) is 0.703. The van der Waals surface area contributed by atoms with Gasteiger partial charge in [0, 0.05) is 6.20 Å². The Hall–Kier alpha value is -1.07. The Bertz CT molecular complexity index is 286. The van der Waals surface area contributed by atoms with E-state index in [0.29, 0.717) is 5.02 Å². The van der Waals surface area contributed by atoms with Gasteiger partial charge >= 0.3 is 5.97 Å². The van der Waals surface area contributed by atoms with Gasteiger partial charge in [-0.3, -0.25) is 4.68 Å². The molecule has 0 aliphatic heterocycles. The molecule has 0 aromatic carbocycles. The average molecular weight is 191 g/mol. The van der Waals surface area contributed by atoms with Crippen molar-refractivity contribution in [2.75, 3.05) is 0 Å². The number of nitrogens with zero attached hydrogens (tertiary/aromatic N) is 2. The van der Waals surface area contributed by atoms with E-state index in [4.69, 9.17) is 21.8 Å². The van der Waals surface area contributed by atoms with Crippen LogP contribution in [0.25, 0.3) is 0 Å². The summed E-state index contributed by atoms with van der Waals surface area (Å²) in [6.45, 7) is -0.0952. The van der Waals surface area contributed by atoms with Gasteiger partial charge in [-0.15, -0.1) is 0 Å². The molecule has 2 N–H and O–H groups in total. The highest BCUT2D eigenvalue weighted by Crippen LogP contribution is 2.04. The number of aliphatic carboxylic acids is 1. The molecule has 1 rings (SSSR count). The monoisotopic (exact) mass is 190 g/mol. The first-order chi connectivity index (χ1) is 5.59. The van der Waals surface area contributed by atoms with Crippen molar-refractivity contribution in [1.82, 2.24) is 9.78 Å². The third-order valence-electron chi connectivity index (χ3n) is 1.25. The molecule has 12 heavy (non-hydrogen) atoms. The van der Waals surface area contributed by atoms with Crippen molar-refractivity contribution in [3.63, 3.8) is 0 Å². The van der Waals surface area contributed by atoms with Gasteiger partial charge in [0.05, 0.1) is 17.8 Å². The maximum absolute atomic E-state index is 10.2. The molecule has 1 aromatic rings. The minimum absolute atomic E-state index is 0.0952. The van der Waals surface area contributed by atoms with Crippen LogP contribution < -0.4 is 0 Å². The summed E-state index contributed by atoms with van der Waals surface area (Å²) in [7, 11) is 0. The lowest BCUT2D eigenvalue weighted by molar-refractivity contribution is -0.147. The van der Waals surface area contributed by atoms with Gasteiger partial charge in [-0.05, 0) is 0 Å². The summed E-state index contributed by atoms with van der Waals surface area (Å²) in [6, 6.07) is 0. The van der Waals surface area contributed by atoms with Crippen LogP contribution in [0, 0.1) is 0 Å². The first-order valence-corrected chi connectivity index (χ1v) is 3.56. The molecule has 0 aliphatic rings. The van der Waals surface area contributed by atoms with E-state index in [1.807, 2.05) is 0 Å². The zero-order valence-corrected chi connectivity index (χ0v) is 6.77. The molecule has 1 aromatic heterocycles. The second-order valence-electron chi connectivity index (χ2n) is 2.23. The molecule has 0 spiro atoms. The average Bonchev–Trinajstić information content (AvgIpc) is 2.35. The highest BCUT2D eigenvalue weighted by atomic mass is 35.5. The summed E-state index contributed by atoms with van der Waals surface area (Å²) >= 11 is 5.51. The summed E-state index contributed by atoms with van der Waals surface area (Å²) in [6.07, 6.45) is 1.37. The number of aliphatic hydroxyl groups is 1. The molecule has 0 fully saturated rings. The molecular weight excluding hydrogens is 184 g/mol. The number of halogens is 1. The van der Waals surface area contributed by atoms with Crippen molar-refractivity contribution in [3.8, 4) is 0 Å². The van der Waals surface area contributed by atoms with Crippen molar-refractivity contribution >= 4 is 17.6 Å². The van der Waals surface area contributed by atoms with E-state index in [1.165, 1.54) is 17.1 Å². The van der Waals surface area contributed by atoms with Crippen LogP contribution in [0.3, 0.4) is 0 Å². The topological polar surface area (TPSA) is 75.3 Å². The van der Waals surface area contributed by atoms with Gasteiger partial charge in [0.1, 0.15) is 0 Å². The first-order valence-electron chi connectivity index (χ1n) is 3.18. The summed E-state index contributed by atoms with van der Waals surface area (Å²) in [5.41, 5.74) is 0. The molecular formula is C6H7ClN2O3. The molecule has 0 bridgehead atoms. The SMILES string of the molecule is O=C(O)[C@H](O)Cn1cc(Cl)cn1. The highest BCUT2D eigenvalue weighted by Gasteiger charge is 2.13. The Morgan fingerprint density at radius 1 is 1.83 bits per heavy atom. The lowest BCUT2D eigenvalue weighted by Gasteiger charge is -2.03. The van der Waals surface area contributed by atoms with Crippen LogP contribution in [0.2, 0.25) is 5.02 Å². The summed E-state index contributed by atoms with van der Waals surface area (Å²) in [5, 5.41) is 21.3. The minimum Gasteiger partial charge on any atom is -0.479 e. The van der Waals surface area contributed by atoms with Crippen LogP contribution >= 0.6 is 11.6 Å². The van der Waals surface area contributed by atoms with Crippen molar-refractivity contribution in [2.24, 2.45) is 0 Å². The maximum atomic E-state index is 10.2. The fourth-order valence-electron chi connectivity index (χ4n) is 0.693. The zero-order chi connectivity index (χ0) is 9.14. The number of carbonyl (C=O) groups is 1.